The average Bonchev–Trinajstić information content (AvgIpc) is 3.26. The maximum Gasteiger partial charge on any atom is 0.494 e. The summed E-state index contributed by atoms with van der Waals surface area (Å²) in [5.74, 6) is -0.851. The van der Waals surface area contributed by atoms with Gasteiger partial charge in [0.2, 0.25) is 5.91 Å². The van der Waals surface area contributed by atoms with Gasteiger partial charge in [-0.05, 0) is 110 Å². The van der Waals surface area contributed by atoms with Crippen molar-refractivity contribution in [1.29, 1.82) is 0 Å². The minimum absolute atomic E-state index is 0.224. The van der Waals surface area contributed by atoms with Crippen LogP contribution >= 0.6 is 0 Å². The molecule has 0 spiro atoms. The fourth-order valence-electron chi connectivity index (χ4n) is 6.13. The Bertz CT molecular complexity index is 1830. The average molecular weight is 599 g/mol. The fraction of sp³-hybridized carbons (Fsp3) is 0.263. The highest BCUT2D eigenvalue weighted by atomic mass is 16.7. The molecule has 0 unspecified atom stereocenters. The van der Waals surface area contributed by atoms with Gasteiger partial charge in [0.15, 0.2) is 0 Å². The van der Waals surface area contributed by atoms with E-state index in [0.717, 1.165) is 32.7 Å². The molecule has 5 aromatic carbocycles. The molecule has 1 saturated heterocycles. The SMILES string of the molecule is C[C@H](c1ccc2ccccc2c1)N(C(=O)c1cc(B2OC(C)(C)C(C)(C)O2)cc(C(N)=O)c1)[C@H](C)c1ccc2ccccc2c1. The van der Waals surface area contributed by atoms with Crippen molar-refractivity contribution in [3.63, 3.8) is 0 Å². The lowest BCUT2D eigenvalue weighted by atomic mass is 9.77. The van der Waals surface area contributed by atoms with Crippen LogP contribution in [0.2, 0.25) is 0 Å². The fourth-order valence-corrected chi connectivity index (χ4v) is 6.13. The van der Waals surface area contributed by atoms with Gasteiger partial charge < -0.3 is 19.9 Å². The van der Waals surface area contributed by atoms with E-state index in [1.807, 2.05) is 70.7 Å². The monoisotopic (exact) mass is 598 g/mol. The van der Waals surface area contributed by atoms with Crippen LogP contribution in [0.5, 0.6) is 0 Å². The molecular weight excluding hydrogens is 559 g/mol. The number of carbonyl (C=O) groups excluding carboxylic acids is 2. The number of hydrogen-bond donors (Lipinski definition) is 1. The minimum atomic E-state index is -0.759. The van der Waals surface area contributed by atoms with Crippen molar-refractivity contribution in [3.8, 4) is 0 Å². The summed E-state index contributed by atoms with van der Waals surface area (Å²) in [6, 6.07) is 33.4. The zero-order chi connectivity index (χ0) is 32.1. The van der Waals surface area contributed by atoms with E-state index in [4.69, 9.17) is 15.0 Å². The highest BCUT2D eigenvalue weighted by molar-refractivity contribution is 6.62. The number of rotatable bonds is 7. The Balaban J connectivity index is 1.46. The van der Waals surface area contributed by atoms with E-state index >= 15 is 0 Å². The Labute approximate surface area is 265 Å². The van der Waals surface area contributed by atoms with Crippen molar-refractivity contribution in [2.45, 2.75) is 64.8 Å². The molecule has 0 bridgehead atoms. The second-order valence-electron chi connectivity index (χ2n) is 13.1. The van der Waals surface area contributed by atoms with Crippen LogP contribution in [-0.2, 0) is 9.31 Å². The van der Waals surface area contributed by atoms with Crippen molar-refractivity contribution < 1.29 is 18.9 Å². The van der Waals surface area contributed by atoms with Crippen molar-refractivity contribution in [2.75, 3.05) is 0 Å². The second kappa shape index (κ2) is 11.5. The molecule has 2 atom stereocenters. The molecular formula is C38H39BN2O4. The van der Waals surface area contributed by atoms with Gasteiger partial charge in [-0.1, -0.05) is 72.8 Å². The van der Waals surface area contributed by atoms with Crippen LogP contribution in [0, 0.1) is 0 Å². The first-order valence-electron chi connectivity index (χ1n) is 15.5. The van der Waals surface area contributed by atoms with E-state index in [2.05, 4.69) is 60.7 Å². The van der Waals surface area contributed by atoms with Gasteiger partial charge >= 0.3 is 7.12 Å². The standard InChI is InChI=1S/C38H39BN2O4/c1-24(28-17-15-26-11-7-9-13-30(26)19-28)41(25(2)29-18-16-27-12-8-10-14-31(27)20-29)36(43)33-21-32(35(40)42)22-34(23-33)39-44-37(3,4)38(5,6)45-39/h7-25H,1-6H3,(H2,40,42)/t24-,25-/m1/s1. The van der Waals surface area contributed by atoms with Gasteiger partial charge in [0.25, 0.3) is 5.91 Å². The number of primary amides is 1. The Morgan fingerprint density at radius 3 is 1.56 bits per heavy atom. The summed E-state index contributed by atoms with van der Waals surface area (Å²) in [5, 5.41) is 4.47. The summed E-state index contributed by atoms with van der Waals surface area (Å²) in [6.07, 6.45) is 0. The molecule has 0 saturated carbocycles. The number of fused-ring (bicyclic) bond motifs is 2. The number of carbonyl (C=O) groups is 2. The van der Waals surface area contributed by atoms with Crippen LogP contribution in [0.1, 0.15) is 85.5 Å². The maximum absolute atomic E-state index is 14.8. The molecule has 5 aromatic rings. The molecule has 45 heavy (non-hydrogen) atoms. The topological polar surface area (TPSA) is 81.9 Å². The lowest BCUT2D eigenvalue weighted by Gasteiger charge is -2.36. The molecule has 0 radical (unpaired) electrons. The maximum atomic E-state index is 14.8. The molecule has 0 aliphatic carbocycles. The van der Waals surface area contributed by atoms with E-state index in [1.54, 1.807) is 18.2 Å². The molecule has 6 nitrogen and oxygen atoms in total. The van der Waals surface area contributed by atoms with Crippen molar-refractivity contribution in [1.82, 2.24) is 4.90 Å². The summed E-state index contributed by atoms with van der Waals surface area (Å²) in [6.45, 7) is 12.0. The first kappa shape index (κ1) is 30.6. The molecule has 1 heterocycles. The first-order chi connectivity index (χ1) is 21.3. The quantitative estimate of drug-likeness (QED) is 0.199. The Morgan fingerprint density at radius 2 is 1.09 bits per heavy atom. The predicted molar refractivity (Wildman–Crippen MR) is 182 cm³/mol. The minimum Gasteiger partial charge on any atom is -0.399 e. The molecule has 2 N–H and O–H groups in total. The number of amides is 2. The third kappa shape index (κ3) is 5.74. The third-order valence-corrected chi connectivity index (χ3v) is 9.59. The molecule has 228 valence electrons. The van der Waals surface area contributed by atoms with Crippen molar-refractivity contribution >= 4 is 45.9 Å². The van der Waals surface area contributed by atoms with E-state index in [1.165, 1.54) is 0 Å². The molecule has 0 aromatic heterocycles. The van der Waals surface area contributed by atoms with E-state index < -0.39 is 24.2 Å². The number of benzene rings is 5. The van der Waals surface area contributed by atoms with Crippen LogP contribution in [0.15, 0.2) is 103 Å². The first-order valence-corrected chi connectivity index (χ1v) is 15.5. The summed E-state index contributed by atoms with van der Waals surface area (Å²) >= 11 is 0. The van der Waals surface area contributed by atoms with E-state index in [9.17, 15) is 9.59 Å². The number of nitrogens with zero attached hydrogens (tertiary/aromatic N) is 1. The third-order valence-electron chi connectivity index (χ3n) is 9.59. The van der Waals surface area contributed by atoms with Crippen LogP contribution in [0.3, 0.4) is 0 Å². The molecule has 1 aliphatic heterocycles. The molecule has 1 fully saturated rings. The zero-order valence-electron chi connectivity index (χ0n) is 26.7. The van der Waals surface area contributed by atoms with Gasteiger partial charge in [0.1, 0.15) is 0 Å². The summed E-state index contributed by atoms with van der Waals surface area (Å²) in [5.41, 5.74) is 7.77. The molecule has 1 aliphatic rings. The van der Waals surface area contributed by atoms with Crippen LogP contribution in [-0.4, -0.2) is 35.0 Å². The summed E-state index contributed by atoms with van der Waals surface area (Å²) in [7, 11) is -0.759. The smallest absolute Gasteiger partial charge is 0.399 e. The van der Waals surface area contributed by atoms with Gasteiger partial charge in [0.05, 0.1) is 23.3 Å². The van der Waals surface area contributed by atoms with Gasteiger partial charge in [-0.25, -0.2) is 0 Å². The van der Waals surface area contributed by atoms with Gasteiger partial charge in [-0.3, -0.25) is 9.59 Å². The normalized spacial score (nSPS) is 16.9. The lowest BCUT2D eigenvalue weighted by Crippen LogP contribution is -2.41. The second-order valence-corrected chi connectivity index (χ2v) is 13.1. The van der Waals surface area contributed by atoms with Gasteiger partial charge in [0, 0.05) is 11.1 Å². The Hall–Kier alpha value is -4.46. The summed E-state index contributed by atoms with van der Waals surface area (Å²) in [4.78, 5) is 29.2. The number of nitrogens with two attached hydrogens (primary N) is 1. The van der Waals surface area contributed by atoms with Crippen molar-refractivity contribution in [2.24, 2.45) is 5.73 Å². The zero-order valence-corrected chi connectivity index (χ0v) is 26.7. The van der Waals surface area contributed by atoms with Crippen LogP contribution in [0.4, 0.5) is 0 Å². The van der Waals surface area contributed by atoms with Crippen LogP contribution < -0.4 is 11.2 Å². The van der Waals surface area contributed by atoms with Crippen LogP contribution in [0.25, 0.3) is 21.5 Å². The molecule has 7 heteroatoms. The van der Waals surface area contributed by atoms with Crippen molar-refractivity contribution in [3.05, 3.63) is 125 Å². The lowest BCUT2D eigenvalue weighted by molar-refractivity contribution is 0.00578. The predicted octanol–water partition coefficient (Wildman–Crippen LogP) is 7.36. The van der Waals surface area contributed by atoms with E-state index in [0.29, 0.717) is 11.0 Å². The number of hydrogen-bond acceptors (Lipinski definition) is 4. The Kier molecular flexibility index (Phi) is 7.80. The van der Waals surface area contributed by atoms with Gasteiger partial charge in [-0.2, -0.15) is 0 Å². The molecule has 6 rings (SSSR count). The Morgan fingerprint density at radius 1 is 0.644 bits per heavy atom. The van der Waals surface area contributed by atoms with Gasteiger partial charge in [-0.15, -0.1) is 0 Å². The largest absolute Gasteiger partial charge is 0.494 e. The molecule has 2 amide bonds. The highest BCUT2D eigenvalue weighted by Crippen LogP contribution is 2.38. The highest BCUT2D eigenvalue weighted by Gasteiger charge is 2.52. The van der Waals surface area contributed by atoms with E-state index in [-0.39, 0.29) is 23.6 Å². The summed E-state index contributed by atoms with van der Waals surface area (Å²) < 4.78 is 12.6.